The van der Waals surface area contributed by atoms with Crippen LogP contribution in [0.1, 0.15) is 54.7 Å². The quantitative estimate of drug-likeness (QED) is 0.681. The number of rotatable bonds is 3. The molecule has 0 aliphatic heterocycles. The van der Waals surface area contributed by atoms with Gasteiger partial charge < -0.3 is 0 Å². The third-order valence-electron chi connectivity index (χ3n) is 5.28. The summed E-state index contributed by atoms with van der Waals surface area (Å²) in [4.78, 5) is 19.9. The molecule has 0 saturated carbocycles. The number of nitrogens with zero attached hydrogens (tertiary/aromatic N) is 2. The monoisotopic (exact) mass is 352 g/mol. The Labute approximate surface area is 152 Å². The fourth-order valence-corrected chi connectivity index (χ4v) is 5.02. The van der Waals surface area contributed by atoms with Crippen molar-refractivity contribution in [2.45, 2.75) is 52.5 Å². The maximum atomic E-state index is 13.1. The van der Waals surface area contributed by atoms with E-state index in [1.165, 1.54) is 22.4 Å². The van der Waals surface area contributed by atoms with Crippen molar-refractivity contribution < 1.29 is 0 Å². The second-order valence-electron chi connectivity index (χ2n) is 7.61. The van der Waals surface area contributed by atoms with Gasteiger partial charge in [-0.15, -0.1) is 11.3 Å². The van der Waals surface area contributed by atoms with Gasteiger partial charge in [0.2, 0.25) is 0 Å². The van der Waals surface area contributed by atoms with E-state index in [1.54, 1.807) is 22.2 Å². The standard InChI is InChI=1S/C21H24N2OS/c1-13(2)16-7-5-15(6-8-16)11-23-12-22-20-19(21(23)24)17-9-4-14(3)10-18(17)25-20/h5-8,12-14H,4,9-11H2,1-3H3/t14-/m1/s1. The Morgan fingerprint density at radius 3 is 2.76 bits per heavy atom. The van der Waals surface area contributed by atoms with Crippen LogP contribution >= 0.6 is 11.3 Å². The lowest BCUT2D eigenvalue weighted by molar-refractivity contribution is 0.509. The first-order chi connectivity index (χ1) is 12.0. The molecule has 1 aromatic carbocycles. The van der Waals surface area contributed by atoms with E-state index in [9.17, 15) is 4.79 Å². The Hall–Kier alpha value is -1.94. The Balaban J connectivity index is 1.71. The van der Waals surface area contributed by atoms with Crippen LogP contribution < -0.4 is 5.56 Å². The summed E-state index contributed by atoms with van der Waals surface area (Å²) in [5, 5.41) is 0.869. The summed E-state index contributed by atoms with van der Waals surface area (Å²) in [6.45, 7) is 7.26. The lowest BCUT2D eigenvalue weighted by atomic mass is 9.89. The van der Waals surface area contributed by atoms with Crippen molar-refractivity contribution in [2.75, 3.05) is 0 Å². The van der Waals surface area contributed by atoms with Gasteiger partial charge in [0.05, 0.1) is 18.3 Å². The van der Waals surface area contributed by atoms with E-state index in [2.05, 4.69) is 50.0 Å². The Kier molecular flexibility index (Phi) is 4.24. The summed E-state index contributed by atoms with van der Waals surface area (Å²) in [7, 11) is 0. The topological polar surface area (TPSA) is 34.9 Å². The first-order valence-corrected chi connectivity index (χ1v) is 9.93. The van der Waals surface area contributed by atoms with Crippen LogP contribution in [0.25, 0.3) is 10.2 Å². The lowest BCUT2D eigenvalue weighted by Gasteiger charge is -2.17. The van der Waals surface area contributed by atoms with Gasteiger partial charge in [-0.25, -0.2) is 4.98 Å². The van der Waals surface area contributed by atoms with Crippen LogP contribution in [0, 0.1) is 5.92 Å². The van der Waals surface area contributed by atoms with Crippen LogP contribution in [0.5, 0.6) is 0 Å². The molecule has 4 heteroatoms. The van der Waals surface area contributed by atoms with Crippen molar-refractivity contribution in [1.82, 2.24) is 9.55 Å². The van der Waals surface area contributed by atoms with Crippen LogP contribution in [0.4, 0.5) is 0 Å². The molecule has 0 spiro atoms. The molecule has 1 aliphatic rings. The Bertz CT molecular complexity index is 966. The zero-order chi connectivity index (χ0) is 17.6. The van der Waals surface area contributed by atoms with E-state index in [0.717, 1.165) is 28.6 Å². The molecule has 0 N–H and O–H groups in total. The zero-order valence-corrected chi connectivity index (χ0v) is 15.9. The van der Waals surface area contributed by atoms with Gasteiger partial charge in [-0.1, -0.05) is 45.0 Å². The second-order valence-corrected chi connectivity index (χ2v) is 8.69. The molecular formula is C21H24N2OS. The number of aryl methyl sites for hydroxylation is 1. The van der Waals surface area contributed by atoms with E-state index in [1.807, 2.05) is 0 Å². The first-order valence-electron chi connectivity index (χ1n) is 9.11. The van der Waals surface area contributed by atoms with Crippen molar-refractivity contribution in [3.8, 4) is 0 Å². The van der Waals surface area contributed by atoms with E-state index < -0.39 is 0 Å². The van der Waals surface area contributed by atoms with Crippen LogP contribution in [0.3, 0.4) is 0 Å². The first kappa shape index (κ1) is 16.5. The highest BCUT2D eigenvalue weighted by Gasteiger charge is 2.23. The molecule has 130 valence electrons. The highest BCUT2D eigenvalue weighted by molar-refractivity contribution is 7.18. The van der Waals surface area contributed by atoms with Gasteiger partial charge in [-0.2, -0.15) is 0 Å². The number of hydrogen-bond acceptors (Lipinski definition) is 3. The number of thiophene rings is 1. The predicted octanol–water partition coefficient (Wildman–Crippen LogP) is 4.75. The number of benzene rings is 1. The van der Waals surface area contributed by atoms with Gasteiger partial charge in [-0.3, -0.25) is 9.36 Å². The average Bonchev–Trinajstić information content (AvgIpc) is 2.96. The molecule has 0 bridgehead atoms. The van der Waals surface area contributed by atoms with Gasteiger partial charge >= 0.3 is 0 Å². The molecular weight excluding hydrogens is 328 g/mol. The second kappa shape index (κ2) is 6.41. The minimum Gasteiger partial charge on any atom is -0.294 e. The maximum absolute atomic E-state index is 13.1. The van der Waals surface area contributed by atoms with Crippen LogP contribution in [-0.4, -0.2) is 9.55 Å². The van der Waals surface area contributed by atoms with E-state index in [0.29, 0.717) is 18.4 Å². The summed E-state index contributed by atoms with van der Waals surface area (Å²) in [6.07, 6.45) is 4.99. The molecule has 0 radical (unpaired) electrons. The van der Waals surface area contributed by atoms with Gasteiger partial charge in [0, 0.05) is 4.88 Å². The average molecular weight is 353 g/mol. The summed E-state index contributed by atoms with van der Waals surface area (Å²) < 4.78 is 1.76. The van der Waals surface area contributed by atoms with Crippen LogP contribution in [0.15, 0.2) is 35.4 Å². The lowest BCUT2D eigenvalue weighted by Crippen LogP contribution is -2.22. The maximum Gasteiger partial charge on any atom is 0.262 e. The highest BCUT2D eigenvalue weighted by atomic mass is 32.1. The predicted molar refractivity (Wildman–Crippen MR) is 105 cm³/mol. The van der Waals surface area contributed by atoms with Crippen molar-refractivity contribution in [1.29, 1.82) is 0 Å². The largest absolute Gasteiger partial charge is 0.294 e. The van der Waals surface area contributed by atoms with Crippen molar-refractivity contribution in [3.63, 3.8) is 0 Å². The molecule has 2 aromatic heterocycles. The molecule has 0 amide bonds. The molecule has 3 aromatic rings. The third-order valence-corrected chi connectivity index (χ3v) is 6.44. The van der Waals surface area contributed by atoms with Gasteiger partial charge in [0.1, 0.15) is 4.83 Å². The molecule has 1 aliphatic carbocycles. The van der Waals surface area contributed by atoms with Crippen LogP contribution in [-0.2, 0) is 19.4 Å². The smallest absolute Gasteiger partial charge is 0.262 e. The fraction of sp³-hybridized carbons (Fsp3) is 0.429. The molecule has 0 fully saturated rings. The van der Waals surface area contributed by atoms with Gasteiger partial charge in [0.25, 0.3) is 5.56 Å². The Morgan fingerprint density at radius 1 is 1.28 bits per heavy atom. The molecule has 0 saturated heterocycles. The Morgan fingerprint density at radius 2 is 2.04 bits per heavy atom. The van der Waals surface area contributed by atoms with E-state index in [4.69, 9.17) is 0 Å². The molecule has 25 heavy (non-hydrogen) atoms. The molecule has 3 nitrogen and oxygen atoms in total. The fourth-order valence-electron chi connectivity index (χ4n) is 3.68. The molecule has 0 unspecified atom stereocenters. The van der Waals surface area contributed by atoms with E-state index in [-0.39, 0.29) is 5.56 Å². The van der Waals surface area contributed by atoms with Crippen LogP contribution in [0.2, 0.25) is 0 Å². The van der Waals surface area contributed by atoms with Crippen molar-refractivity contribution in [3.05, 3.63) is 62.5 Å². The third kappa shape index (κ3) is 3.04. The summed E-state index contributed by atoms with van der Waals surface area (Å²) >= 11 is 1.71. The summed E-state index contributed by atoms with van der Waals surface area (Å²) in [5.74, 6) is 1.23. The SMILES string of the molecule is CC(C)c1ccc(Cn2cnc3sc4c(c3c2=O)CC[C@@H](C)C4)cc1. The number of fused-ring (bicyclic) bond motifs is 3. The van der Waals surface area contributed by atoms with E-state index >= 15 is 0 Å². The molecule has 2 heterocycles. The normalized spacial score (nSPS) is 17.2. The number of hydrogen-bond donors (Lipinski definition) is 0. The minimum atomic E-state index is 0.116. The summed E-state index contributed by atoms with van der Waals surface area (Å²) in [6, 6.07) is 8.56. The molecule has 1 atom stereocenters. The minimum absolute atomic E-state index is 0.116. The van der Waals surface area contributed by atoms with Crippen molar-refractivity contribution in [2.24, 2.45) is 5.92 Å². The summed E-state index contributed by atoms with van der Waals surface area (Å²) in [5.41, 5.74) is 3.85. The van der Waals surface area contributed by atoms with Gasteiger partial charge in [-0.05, 0) is 47.8 Å². The zero-order valence-electron chi connectivity index (χ0n) is 15.1. The highest BCUT2D eigenvalue weighted by Crippen LogP contribution is 2.35. The van der Waals surface area contributed by atoms with Gasteiger partial charge in [0.15, 0.2) is 0 Å². The number of aromatic nitrogens is 2. The molecule has 4 rings (SSSR count). The van der Waals surface area contributed by atoms with Crippen molar-refractivity contribution >= 4 is 21.6 Å².